The van der Waals surface area contributed by atoms with E-state index in [0.717, 1.165) is 55.4 Å². The van der Waals surface area contributed by atoms with Crippen LogP contribution in [-0.2, 0) is 29.6 Å². The van der Waals surface area contributed by atoms with Crippen molar-refractivity contribution in [3.63, 3.8) is 0 Å². The number of rotatable bonds is 22. The molecule has 2 heterocycles. The number of anilines is 5. The minimum Gasteiger partial charge on any atom is -0.497 e. The van der Waals surface area contributed by atoms with Gasteiger partial charge in [-0.25, -0.2) is 13.4 Å². The summed E-state index contributed by atoms with van der Waals surface area (Å²) in [7, 11) is -0.608. The van der Waals surface area contributed by atoms with Gasteiger partial charge >= 0.3 is 0 Å². The molecule has 17 nitrogen and oxygen atoms in total. The monoisotopic (exact) mass is 875 g/mol. The van der Waals surface area contributed by atoms with Gasteiger partial charge in [-0.15, -0.1) is 0 Å². The van der Waals surface area contributed by atoms with Crippen LogP contribution >= 0.6 is 0 Å². The summed E-state index contributed by atoms with van der Waals surface area (Å²) in [6.45, 7) is 12.7. The van der Waals surface area contributed by atoms with E-state index in [0.29, 0.717) is 73.2 Å². The molecule has 0 saturated carbocycles. The number of aliphatic hydroxyl groups is 1. The van der Waals surface area contributed by atoms with Crippen molar-refractivity contribution in [2.45, 2.75) is 32.5 Å². The number of methoxy groups -OCH3 is 2. The Morgan fingerprint density at radius 1 is 0.823 bits per heavy atom. The number of benzene rings is 4. The van der Waals surface area contributed by atoms with Crippen LogP contribution in [0.25, 0.3) is 10.8 Å². The highest BCUT2D eigenvalue weighted by molar-refractivity contribution is 7.92. The Morgan fingerprint density at radius 3 is 2.24 bits per heavy atom. The lowest BCUT2D eigenvalue weighted by molar-refractivity contribution is 0.00519. The molecule has 334 valence electrons. The lowest BCUT2D eigenvalue weighted by Gasteiger charge is -2.26. The van der Waals surface area contributed by atoms with Crippen LogP contribution in [0.5, 0.6) is 28.9 Å². The van der Waals surface area contributed by atoms with Crippen molar-refractivity contribution in [1.82, 2.24) is 14.9 Å². The zero-order valence-corrected chi connectivity index (χ0v) is 36.8. The van der Waals surface area contributed by atoms with E-state index in [1.54, 1.807) is 49.7 Å². The molecule has 1 aliphatic heterocycles. The van der Waals surface area contributed by atoms with Gasteiger partial charge in [0, 0.05) is 72.2 Å². The summed E-state index contributed by atoms with van der Waals surface area (Å²) in [4.78, 5) is 11.3. The number of nitrogens with zero attached hydrogens (tertiary/aromatic N) is 3. The first-order valence-corrected chi connectivity index (χ1v) is 22.2. The summed E-state index contributed by atoms with van der Waals surface area (Å²) in [5.74, 6) is 2.49. The van der Waals surface area contributed by atoms with Gasteiger partial charge in [0.05, 0.1) is 71.5 Å². The van der Waals surface area contributed by atoms with Crippen molar-refractivity contribution in [1.29, 1.82) is 0 Å². The number of morpholine rings is 1. The molecule has 0 bridgehead atoms. The molecule has 0 radical (unpaired) electrons. The molecule has 0 aliphatic carbocycles. The largest absolute Gasteiger partial charge is 0.497 e. The maximum absolute atomic E-state index is 12.2. The van der Waals surface area contributed by atoms with Gasteiger partial charge in [-0.2, -0.15) is 4.98 Å². The summed E-state index contributed by atoms with van der Waals surface area (Å²) in [5.41, 5.74) is 2.36. The second-order valence-electron chi connectivity index (χ2n) is 15.4. The van der Waals surface area contributed by atoms with Crippen molar-refractivity contribution in [2.24, 2.45) is 0 Å². The molecular formula is C44H57N7O10S. The minimum atomic E-state index is -3.62. The first kappa shape index (κ1) is 45.9. The molecule has 5 N–H and O–H groups in total. The maximum atomic E-state index is 12.2. The van der Waals surface area contributed by atoms with Crippen molar-refractivity contribution in [2.75, 3.05) is 107 Å². The minimum absolute atomic E-state index is 0.227. The molecule has 1 aromatic heterocycles. The molecule has 18 heteroatoms. The number of hydrogen-bond donors (Lipinski definition) is 5. The molecule has 0 amide bonds. The van der Waals surface area contributed by atoms with Crippen LogP contribution < -0.4 is 39.6 Å². The molecular weight excluding hydrogens is 819 g/mol. The normalized spacial score (nSPS) is 13.9. The maximum Gasteiger partial charge on any atom is 0.230 e. The predicted octanol–water partition coefficient (Wildman–Crippen LogP) is 6.40. The van der Waals surface area contributed by atoms with Gasteiger partial charge in [0.15, 0.2) is 5.75 Å². The van der Waals surface area contributed by atoms with E-state index in [1.165, 1.54) is 7.11 Å². The Balaban J connectivity index is 1.07. The average molecular weight is 876 g/mol. The fourth-order valence-corrected chi connectivity index (χ4v) is 7.14. The predicted molar refractivity (Wildman–Crippen MR) is 240 cm³/mol. The number of aliphatic hydroxyl groups excluding tert-OH is 1. The van der Waals surface area contributed by atoms with E-state index in [2.05, 4.69) is 35.5 Å². The van der Waals surface area contributed by atoms with Gasteiger partial charge in [0.25, 0.3) is 0 Å². The van der Waals surface area contributed by atoms with Gasteiger partial charge in [-0.05, 0) is 35.2 Å². The van der Waals surface area contributed by atoms with E-state index in [1.807, 2.05) is 57.2 Å². The molecule has 5 aromatic rings. The third-order valence-corrected chi connectivity index (χ3v) is 10.3. The molecule has 1 aliphatic rings. The highest BCUT2D eigenvalue weighted by atomic mass is 32.2. The molecule has 1 atom stereocenters. The number of sulfonamides is 1. The van der Waals surface area contributed by atoms with Crippen LogP contribution in [0.2, 0.25) is 0 Å². The van der Waals surface area contributed by atoms with Crippen molar-refractivity contribution in [3.05, 3.63) is 84.6 Å². The van der Waals surface area contributed by atoms with E-state index >= 15 is 0 Å². The number of ether oxygens (including phenoxy) is 7. The second-order valence-corrected chi connectivity index (χ2v) is 17.2. The van der Waals surface area contributed by atoms with E-state index < -0.39 is 16.4 Å². The van der Waals surface area contributed by atoms with Crippen LogP contribution in [0, 0.1) is 0 Å². The van der Waals surface area contributed by atoms with Gasteiger partial charge in [0.1, 0.15) is 23.9 Å². The van der Waals surface area contributed by atoms with Crippen LogP contribution in [0.15, 0.2) is 79.0 Å². The third-order valence-electron chi connectivity index (χ3n) is 9.66. The zero-order chi connectivity index (χ0) is 44.1. The number of hydrogen-bond acceptors (Lipinski definition) is 16. The molecule has 6 rings (SSSR count). The first-order chi connectivity index (χ1) is 29.8. The molecule has 4 aromatic carbocycles. The van der Waals surface area contributed by atoms with E-state index in [4.69, 9.17) is 33.2 Å². The van der Waals surface area contributed by atoms with Gasteiger partial charge in [-0.3, -0.25) is 9.62 Å². The van der Waals surface area contributed by atoms with Crippen LogP contribution in [0.4, 0.5) is 28.7 Å². The highest BCUT2D eigenvalue weighted by Crippen LogP contribution is 2.40. The Hall–Kier alpha value is -5.63. The summed E-state index contributed by atoms with van der Waals surface area (Å²) in [6.07, 6.45) is 1.35. The molecule has 62 heavy (non-hydrogen) atoms. The smallest absolute Gasteiger partial charge is 0.230 e. The third kappa shape index (κ3) is 13.4. The molecule has 1 unspecified atom stereocenters. The first-order valence-electron chi connectivity index (χ1n) is 20.3. The molecule has 1 fully saturated rings. The Labute approximate surface area is 363 Å². The van der Waals surface area contributed by atoms with E-state index in [9.17, 15) is 13.5 Å². The summed E-state index contributed by atoms with van der Waals surface area (Å²) in [5, 5.41) is 22.2. The lowest BCUT2D eigenvalue weighted by Crippen LogP contribution is -2.38. The topological polar surface area (TPSA) is 196 Å². The second kappa shape index (κ2) is 21.4. The van der Waals surface area contributed by atoms with Crippen molar-refractivity contribution < 1.29 is 46.7 Å². The van der Waals surface area contributed by atoms with E-state index in [-0.39, 0.29) is 22.8 Å². The summed E-state index contributed by atoms with van der Waals surface area (Å²) >= 11 is 0. The fraction of sp³-hybridized carbons (Fsp3) is 0.409. The lowest BCUT2D eigenvalue weighted by atomic mass is 9.86. The summed E-state index contributed by atoms with van der Waals surface area (Å²) < 4.78 is 67.1. The number of nitrogens with one attached hydrogen (secondary N) is 4. The molecule has 1 saturated heterocycles. The molecule has 0 spiro atoms. The quantitative estimate of drug-likeness (QED) is 0.0378. The van der Waals surface area contributed by atoms with Crippen molar-refractivity contribution in [3.8, 4) is 28.9 Å². The van der Waals surface area contributed by atoms with Crippen LogP contribution in [0.1, 0.15) is 26.3 Å². The average Bonchev–Trinajstić information content (AvgIpc) is 3.23. The van der Waals surface area contributed by atoms with Crippen LogP contribution in [-0.4, -0.2) is 121 Å². The zero-order valence-electron chi connectivity index (χ0n) is 36.0. The number of aromatic nitrogens is 2. The van der Waals surface area contributed by atoms with Gasteiger partial charge in [0.2, 0.25) is 28.2 Å². The van der Waals surface area contributed by atoms with Gasteiger partial charge < -0.3 is 54.2 Å². The Bertz CT molecular complexity index is 2360. The van der Waals surface area contributed by atoms with Gasteiger partial charge in [-0.1, -0.05) is 45.0 Å². The Morgan fingerprint density at radius 2 is 1.52 bits per heavy atom. The number of fused-ring (bicyclic) bond motifs is 1. The van der Waals surface area contributed by atoms with Crippen LogP contribution in [0.3, 0.4) is 0 Å². The SMILES string of the molecule is COc1cc(Nc2nccc(Oc3ccc(NC(O)Nc4cc(C(C)(C)C)cc(NS(C)(=O)=O)c4OC)c4ccccc34)n2)cc(OCCOCCOCCN2CCOCC2)c1. The Kier molecular flexibility index (Phi) is 15.9. The van der Waals surface area contributed by atoms with Crippen molar-refractivity contribution >= 4 is 49.5 Å². The standard InChI is InChI=1S/C44H57N7O10S/c1-44(2,3)30-25-37(41(56-5)38(26-30)50-62(6,53)54)48-43(52)47-36-11-12-39(35-10-8-7-9-34(35)36)61-40-13-14-45-42(49-40)46-31-27-32(55-4)29-33(28-31)60-24-23-59-22-21-58-20-17-51-15-18-57-19-16-51/h7-14,25-29,43,47-48,50,52H,15-24H2,1-6H3,(H,45,46,49). The summed E-state index contributed by atoms with van der Waals surface area (Å²) in [6, 6.07) is 21.7. The fourth-order valence-electron chi connectivity index (χ4n) is 6.59. The highest BCUT2D eigenvalue weighted by Gasteiger charge is 2.23.